The summed E-state index contributed by atoms with van der Waals surface area (Å²) in [5.74, 6) is 0. The SMILES string of the molecule is Cc1ccc(CCOS(C)(=O)=O)c2c3c([nH]c12)CN(C)CC3. The molecule has 6 heteroatoms. The van der Waals surface area contributed by atoms with E-state index in [0.29, 0.717) is 6.42 Å². The molecule has 2 heterocycles. The summed E-state index contributed by atoms with van der Waals surface area (Å²) in [4.78, 5) is 5.87. The molecular formula is C16H22N2O3S. The van der Waals surface area contributed by atoms with Gasteiger partial charge in [0.25, 0.3) is 10.1 Å². The molecule has 120 valence electrons. The first-order chi connectivity index (χ1) is 10.3. The van der Waals surface area contributed by atoms with Gasteiger partial charge in [0.1, 0.15) is 0 Å². The van der Waals surface area contributed by atoms with Crippen molar-refractivity contribution in [3.05, 3.63) is 34.5 Å². The van der Waals surface area contributed by atoms with E-state index in [2.05, 4.69) is 36.0 Å². The van der Waals surface area contributed by atoms with E-state index < -0.39 is 10.1 Å². The van der Waals surface area contributed by atoms with Crippen LogP contribution in [0.4, 0.5) is 0 Å². The minimum absolute atomic E-state index is 0.191. The van der Waals surface area contributed by atoms with Gasteiger partial charge in [0.15, 0.2) is 0 Å². The number of rotatable bonds is 4. The highest BCUT2D eigenvalue weighted by molar-refractivity contribution is 7.85. The van der Waals surface area contributed by atoms with Crippen LogP contribution >= 0.6 is 0 Å². The monoisotopic (exact) mass is 322 g/mol. The van der Waals surface area contributed by atoms with Crippen LogP contribution in [0.15, 0.2) is 12.1 Å². The van der Waals surface area contributed by atoms with Gasteiger partial charge in [-0.05, 0) is 43.5 Å². The van der Waals surface area contributed by atoms with Gasteiger partial charge in [-0.3, -0.25) is 4.18 Å². The third-order valence-corrected chi connectivity index (χ3v) is 4.88. The first-order valence-corrected chi connectivity index (χ1v) is 9.31. The van der Waals surface area contributed by atoms with Crippen molar-refractivity contribution in [1.82, 2.24) is 9.88 Å². The van der Waals surface area contributed by atoms with Crippen molar-refractivity contribution in [2.75, 3.05) is 26.5 Å². The van der Waals surface area contributed by atoms with E-state index in [0.717, 1.165) is 31.3 Å². The molecule has 5 nitrogen and oxygen atoms in total. The molecule has 0 atom stereocenters. The van der Waals surface area contributed by atoms with E-state index in [9.17, 15) is 8.42 Å². The van der Waals surface area contributed by atoms with Crippen LogP contribution in [-0.2, 0) is 33.7 Å². The molecule has 0 bridgehead atoms. The first-order valence-electron chi connectivity index (χ1n) is 7.50. The predicted molar refractivity (Wildman–Crippen MR) is 87.6 cm³/mol. The van der Waals surface area contributed by atoms with Gasteiger partial charge in [0, 0.05) is 29.7 Å². The van der Waals surface area contributed by atoms with Gasteiger partial charge in [0.05, 0.1) is 12.9 Å². The molecule has 1 aromatic carbocycles. The van der Waals surface area contributed by atoms with Crippen molar-refractivity contribution in [2.45, 2.75) is 26.3 Å². The number of fused-ring (bicyclic) bond motifs is 3. The highest BCUT2D eigenvalue weighted by Gasteiger charge is 2.21. The zero-order valence-corrected chi connectivity index (χ0v) is 14.1. The maximum absolute atomic E-state index is 11.1. The highest BCUT2D eigenvalue weighted by Crippen LogP contribution is 2.32. The van der Waals surface area contributed by atoms with E-state index in [1.54, 1.807) is 0 Å². The van der Waals surface area contributed by atoms with E-state index in [-0.39, 0.29) is 6.61 Å². The van der Waals surface area contributed by atoms with Crippen LogP contribution in [0.2, 0.25) is 0 Å². The maximum atomic E-state index is 11.1. The molecule has 0 unspecified atom stereocenters. The number of benzene rings is 1. The molecule has 1 aliphatic rings. The molecule has 1 N–H and O–H groups in total. The smallest absolute Gasteiger partial charge is 0.264 e. The molecule has 0 radical (unpaired) electrons. The lowest BCUT2D eigenvalue weighted by atomic mass is 9.97. The second-order valence-corrected chi connectivity index (χ2v) is 7.78. The summed E-state index contributed by atoms with van der Waals surface area (Å²) in [5.41, 5.74) is 6.22. The van der Waals surface area contributed by atoms with E-state index in [1.165, 1.54) is 27.7 Å². The molecule has 0 amide bonds. The summed E-state index contributed by atoms with van der Waals surface area (Å²) in [6.45, 7) is 4.28. The van der Waals surface area contributed by atoms with Crippen molar-refractivity contribution in [1.29, 1.82) is 0 Å². The van der Waals surface area contributed by atoms with Gasteiger partial charge in [0.2, 0.25) is 0 Å². The Morgan fingerprint density at radius 2 is 2.14 bits per heavy atom. The van der Waals surface area contributed by atoms with Crippen LogP contribution in [0.5, 0.6) is 0 Å². The third-order valence-electron chi connectivity index (χ3n) is 4.28. The zero-order valence-electron chi connectivity index (χ0n) is 13.3. The fourth-order valence-corrected chi connectivity index (χ4v) is 3.59. The van der Waals surface area contributed by atoms with E-state index in [1.807, 2.05) is 0 Å². The van der Waals surface area contributed by atoms with Crippen LogP contribution < -0.4 is 0 Å². The van der Waals surface area contributed by atoms with Crippen molar-refractivity contribution < 1.29 is 12.6 Å². The second kappa shape index (κ2) is 5.68. The number of nitrogens with one attached hydrogen (secondary N) is 1. The van der Waals surface area contributed by atoms with Crippen LogP contribution in [0.3, 0.4) is 0 Å². The largest absolute Gasteiger partial charge is 0.357 e. The second-order valence-electron chi connectivity index (χ2n) is 6.14. The van der Waals surface area contributed by atoms with Gasteiger partial charge in [-0.2, -0.15) is 8.42 Å². The summed E-state index contributed by atoms with van der Waals surface area (Å²) >= 11 is 0. The minimum Gasteiger partial charge on any atom is -0.357 e. The van der Waals surface area contributed by atoms with E-state index in [4.69, 9.17) is 4.18 Å². The Balaban J connectivity index is 1.98. The molecule has 1 aliphatic heterocycles. The number of H-pyrrole nitrogens is 1. The fourth-order valence-electron chi connectivity index (χ4n) is 3.21. The molecular weight excluding hydrogens is 300 g/mol. The number of likely N-dealkylation sites (N-methyl/N-ethyl adjacent to an activating group) is 1. The summed E-state index contributed by atoms with van der Waals surface area (Å²) in [6, 6.07) is 4.18. The zero-order chi connectivity index (χ0) is 15.9. The Bertz CT molecular complexity index is 808. The maximum Gasteiger partial charge on any atom is 0.264 e. The summed E-state index contributed by atoms with van der Waals surface area (Å²) in [6.07, 6.45) is 2.71. The van der Waals surface area contributed by atoms with Crippen molar-refractivity contribution in [3.8, 4) is 0 Å². The summed E-state index contributed by atoms with van der Waals surface area (Å²) < 4.78 is 27.2. The Morgan fingerprint density at radius 1 is 1.36 bits per heavy atom. The van der Waals surface area contributed by atoms with Crippen molar-refractivity contribution in [3.63, 3.8) is 0 Å². The molecule has 0 saturated carbocycles. The van der Waals surface area contributed by atoms with Gasteiger partial charge in [-0.1, -0.05) is 12.1 Å². The lowest BCUT2D eigenvalue weighted by Gasteiger charge is -2.22. The average Bonchev–Trinajstić information content (AvgIpc) is 2.79. The molecule has 0 fully saturated rings. The Hall–Kier alpha value is -1.37. The summed E-state index contributed by atoms with van der Waals surface area (Å²) in [7, 11) is -1.25. The van der Waals surface area contributed by atoms with Crippen molar-refractivity contribution >= 4 is 21.0 Å². The lowest BCUT2D eigenvalue weighted by molar-refractivity contribution is 0.310. The minimum atomic E-state index is -3.38. The summed E-state index contributed by atoms with van der Waals surface area (Å²) in [5, 5.41) is 1.26. The van der Waals surface area contributed by atoms with E-state index >= 15 is 0 Å². The number of aromatic nitrogens is 1. The fraction of sp³-hybridized carbons (Fsp3) is 0.500. The van der Waals surface area contributed by atoms with Crippen LogP contribution in [0.1, 0.15) is 22.4 Å². The molecule has 1 aromatic heterocycles. The Morgan fingerprint density at radius 3 is 2.86 bits per heavy atom. The third kappa shape index (κ3) is 3.04. The number of aromatic amines is 1. The lowest BCUT2D eigenvalue weighted by Crippen LogP contribution is -2.26. The quantitative estimate of drug-likeness (QED) is 0.875. The molecule has 0 saturated heterocycles. The van der Waals surface area contributed by atoms with Gasteiger partial charge >= 0.3 is 0 Å². The van der Waals surface area contributed by atoms with Crippen LogP contribution in [0.25, 0.3) is 10.9 Å². The number of hydrogen-bond donors (Lipinski definition) is 1. The van der Waals surface area contributed by atoms with Gasteiger partial charge in [-0.25, -0.2) is 0 Å². The molecule has 0 aliphatic carbocycles. The standard InChI is InChI=1S/C16H22N2O3S/c1-11-4-5-12(7-9-21-22(3,19)20)15-13-6-8-18(2)10-14(13)17-16(11)15/h4-5,17H,6-10H2,1-3H3. The molecule has 0 spiro atoms. The molecule has 2 aromatic rings. The molecule has 22 heavy (non-hydrogen) atoms. The average molecular weight is 322 g/mol. The highest BCUT2D eigenvalue weighted by atomic mass is 32.2. The predicted octanol–water partition coefficient (Wildman–Crippen LogP) is 1.98. The van der Waals surface area contributed by atoms with Crippen LogP contribution in [-0.4, -0.2) is 44.8 Å². The Kier molecular flexibility index (Phi) is 4.01. The molecule has 3 rings (SSSR count). The van der Waals surface area contributed by atoms with Crippen molar-refractivity contribution in [2.24, 2.45) is 0 Å². The van der Waals surface area contributed by atoms with Crippen LogP contribution in [0, 0.1) is 6.92 Å². The number of hydrogen-bond acceptors (Lipinski definition) is 4. The first kappa shape index (κ1) is 15.5. The normalized spacial score (nSPS) is 16.1. The Labute approximate surface area is 131 Å². The number of aryl methyl sites for hydroxylation is 1. The number of nitrogens with zero attached hydrogens (tertiary/aromatic N) is 1. The van der Waals surface area contributed by atoms with Gasteiger partial charge in [-0.15, -0.1) is 0 Å². The topological polar surface area (TPSA) is 62.4 Å². The van der Waals surface area contributed by atoms with Gasteiger partial charge < -0.3 is 9.88 Å².